The summed E-state index contributed by atoms with van der Waals surface area (Å²) in [5.74, 6) is -0.0830. The Balaban J connectivity index is 1.61. The molecule has 0 saturated heterocycles. The van der Waals surface area contributed by atoms with Gasteiger partial charge in [0.05, 0.1) is 13.7 Å². The van der Waals surface area contributed by atoms with Crippen LogP contribution in [-0.4, -0.2) is 32.1 Å². The number of thiophene rings is 1. The maximum absolute atomic E-state index is 12.9. The third-order valence-corrected chi connectivity index (χ3v) is 4.96. The van der Waals surface area contributed by atoms with Crippen LogP contribution in [0.4, 0.5) is 4.39 Å². The summed E-state index contributed by atoms with van der Waals surface area (Å²) >= 11 is 1.44. The summed E-state index contributed by atoms with van der Waals surface area (Å²) in [6.45, 7) is 0.395. The number of amides is 2. The third kappa shape index (κ3) is 6.68. The summed E-state index contributed by atoms with van der Waals surface area (Å²) in [5, 5.41) is 7.26. The van der Waals surface area contributed by atoms with Crippen LogP contribution in [-0.2, 0) is 4.79 Å². The Morgan fingerprint density at radius 2 is 1.74 bits per heavy atom. The van der Waals surface area contributed by atoms with Gasteiger partial charge in [-0.2, -0.15) is 0 Å². The van der Waals surface area contributed by atoms with Crippen molar-refractivity contribution >= 4 is 29.2 Å². The fourth-order valence-electron chi connectivity index (χ4n) is 2.57. The Morgan fingerprint density at radius 3 is 2.39 bits per heavy atom. The average molecular weight is 440 g/mol. The Kier molecular flexibility index (Phi) is 7.78. The average Bonchev–Trinajstić information content (AvgIpc) is 3.30. The van der Waals surface area contributed by atoms with Crippen LogP contribution in [0.25, 0.3) is 6.08 Å². The standard InChI is InChI=1S/C23H21FN2O4S/c1-29-18-8-4-16(5-9-18)22(27)26-21(15-20-3-2-14-31-20)23(28)25-12-13-30-19-10-6-17(24)7-11-19/h2-11,14-15H,12-13H2,1H3,(H,25,28)(H,26,27)/b21-15-. The van der Waals surface area contributed by atoms with E-state index in [4.69, 9.17) is 9.47 Å². The van der Waals surface area contributed by atoms with Crippen molar-refractivity contribution in [3.05, 3.63) is 88.0 Å². The minimum Gasteiger partial charge on any atom is -0.497 e. The van der Waals surface area contributed by atoms with Crippen LogP contribution >= 0.6 is 11.3 Å². The minimum absolute atomic E-state index is 0.116. The molecular weight excluding hydrogens is 419 g/mol. The Morgan fingerprint density at radius 1 is 1.03 bits per heavy atom. The van der Waals surface area contributed by atoms with Gasteiger partial charge in [-0.15, -0.1) is 11.3 Å². The van der Waals surface area contributed by atoms with Gasteiger partial charge in [-0.25, -0.2) is 4.39 Å². The van der Waals surface area contributed by atoms with E-state index in [1.165, 1.54) is 35.6 Å². The molecule has 0 aliphatic heterocycles. The van der Waals surface area contributed by atoms with Crippen molar-refractivity contribution in [2.75, 3.05) is 20.3 Å². The highest BCUT2D eigenvalue weighted by Gasteiger charge is 2.15. The second kappa shape index (κ2) is 10.9. The fourth-order valence-corrected chi connectivity index (χ4v) is 3.23. The number of hydrogen-bond donors (Lipinski definition) is 2. The van der Waals surface area contributed by atoms with E-state index in [0.29, 0.717) is 17.1 Å². The topological polar surface area (TPSA) is 76.7 Å². The van der Waals surface area contributed by atoms with Gasteiger partial charge in [0.15, 0.2) is 0 Å². The van der Waals surface area contributed by atoms with Gasteiger partial charge in [0, 0.05) is 10.4 Å². The Labute approximate surface area is 183 Å². The molecule has 0 spiro atoms. The highest BCUT2D eigenvalue weighted by atomic mass is 32.1. The molecule has 0 atom stereocenters. The normalized spacial score (nSPS) is 11.0. The van der Waals surface area contributed by atoms with E-state index in [9.17, 15) is 14.0 Å². The van der Waals surface area contributed by atoms with Crippen LogP contribution in [0.3, 0.4) is 0 Å². The number of benzene rings is 2. The lowest BCUT2D eigenvalue weighted by atomic mass is 10.2. The summed E-state index contributed by atoms with van der Waals surface area (Å²) in [6.07, 6.45) is 1.61. The van der Waals surface area contributed by atoms with E-state index in [2.05, 4.69) is 10.6 Å². The van der Waals surface area contributed by atoms with Crippen LogP contribution in [0.2, 0.25) is 0 Å². The van der Waals surface area contributed by atoms with Crippen molar-refractivity contribution in [3.8, 4) is 11.5 Å². The Hall–Kier alpha value is -3.65. The van der Waals surface area contributed by atoms with Gasteiger partial charge < -0.3 is 20.1 Å². The molecule has 0 bridgehead atoms. The molecule has 3 aromatic rings. The van der Waals surface area contributed by atoms with Crippen molar-refractivity contribution < 1.29 is 23.5 Å². The molecule has 0 unspecified atom stereocenters. The third-order valence-electron chi connectivity index (χ3n) is 4.14. The van der Waals surface area contributed by atoms with Crippen LogP contribution in [0.5, 0.6) is 11.5 Å². The zero-order chi connectivity index (χ0) is 22.1. The smallest absolute Gasteiger partial charge is 0.267 e. The molecule has 0 aliphatic carbocycles. The van der Waals surface area contributed by atoms with Crippen LogP contribution < -0.4 is 20.1 Å². The first-order chi connectivity index (χ1) is 15.0. The minimum atomic E-state index is -0.446. The number of ether oxygens (including phenoxy) is 2. The Bertz CT molecular complexity index is 1030. The zero-order valence-corrected chi connectivity index (χ0v) is 17.6. The molecular formula is C23H21FN2O4S. The molecule has 1 heterocycles. The predicted molar refractivity (Wildman–Crippen MR) is 118 cm³/mol. The van der Waals surface area contributed by atoms with E-state index in [1.807, 2.05) is 17.5 Å². The summed E-state index contributed by atoms with van der Waals surface area (Å²) in [4.78, 5) is 26.1. The van der Waals surface area contributed by atoms with Gasteiger partial charge in [0.2, 0.25) is 0 Å². The van der Waals surface area contributed by atoms with Gasteiger partial charge in [0.25, 0.3) is 11.8 Å². The first kappa shape index (κ1) is 22.0. The van der Waals surface area contributed by atoms with Crippen molar-refractivity contribution in [1.82, 2.24) is 10.6 Å². The van der Waals surface area contributed by atoms with Crippen molar-refractivity contribution in [2.24, 2.45) is 0 Å². The summed E-state index contributed by atoms with van der Waals surface area (Å²) in [6, 6.07) is 15.9. The quantitative estimate of drug-likeness (QED) is 0.391. The molecule has 6 nitrogen and oxygen atoms in total. The largest absolute Gasteiger partial charge is 0.497 e. The van der Waals surface area contributed by atoms with Gasteiger partial charge in [-0.05, 0) is 66.1 Å². The van der Waals surface area contributed by atoms with Gasteiger partial charge in [0.1, 0.15) is 29.6 Å². The second-order valence-corrected chi connectivity index (χ2v) is 7.29. The molecule has 2 aromatic carbocycles. The molecule has 2 amide bonds. The molecule has 160 valence electrons. The van der Waals surface area contributed by atoms with Gasteiger partial charge in [-0.3, -0.25) is 9.59 Å². The molecule has 31 heavy (non-hydrogen) atoms. The zero-order valence-electron chi connectivity index (χ0n) is 16.8. The van der Waals surface area contributed by atoms with E-state index >= 15 is 0 Å². The maximum Gasteiger partial charge on any atom is 0.267 e. The summed E-state index contributed by atoms with van der Waals surface area (Å²) in [5.41, 5.74) is 0.510. The van der Waals surface area contributed by atoms with Gasteiger partial charge in [-0.1, -0.05) is 6.07 Å². The molecule has 0 aliphatic rings. The van der Waals surface area contributed by atoms with Crippen LogP contribution in [0.1, 0.15) is 15.2 Å². The number of methoxy groups -OCH3 is 1. The maximum atomic E-state index is 12.9. The van der Waals surface area contributed by atoms with Crippen molar-refractivity contribution in [2.45, 2.75) is 0 Å². The SMILES string of the molecule is COc1ccc(C(=O)N/C(=C\c2cccs2)C(=O)NCCOc2ccc(F)cc2)cc1. The lowest BCUT2D eigenvalue weighted by Crippen LogP contribution is -2.36. The number of nitrogens with one attached hydrogen (secondary N) is 2. The molecule has 3 rings (SSSR count). The first-order valence-corrected chi connectivity index (χ1v) is 10.3. The number of halogens is 1. The molecule has 0 saturated carbocycles. The van der Waals surface area contributed by atoms with E-state index < -0.39 is 11.8 Å². The number of rotatable bonds is 9. The number of carbonyl (C=O) groups is 2. The highest BCUT2D eigenvalue weighted by molar-refractivity contribution is 7.10. The van der Waals surface area contributed by atoms with Crippen LogP contribution in [0.15, 0.2) is 71.7 Å². The number of hydrogen-bond acceptors (Lipinski definition) is 5. The van der Waals surface area contributed by atoms with E-state index in [1.54, 1.807) is 37.5 Å². The molecule has 0 fully saturated rings. The van der Waals surface area contributed by atoms with Crippen molar-refractivity contribution in [1.29, 1.82) is 0 Å². The highest BCUT2D eigenvalue weighted by Crippen LogP contribution is 2.15. The lowest BCUT2D eigenvalue weighted by Gasteiger charge is -2.12. The predicted octanol–water partition coefficient (Wildman–Crippen LogP) is 3.86. The second-order valence-electron chi connectivity index (χ2n) is 6.31. The van der Waals surface area contributed by atoms with Gasteiger partial charge >= 0.3 is 0 Å². The fraction of sp³-hybridized carbons (Fsp3) is 0.130. The monoisotopic (exact) mass is 440 g/mol. The van der Waals surface area contributed by atoms with Crippen LogP contribution in [0, 0.1) is 5.82 Å². The van der Waals surface area contributed by atoms with E-state index in [-0.39, 0.29) is 24.7 Å². The molecule has 2 N–H and O–H groups in total. The molecule has 1 aromatic heterocycles. The summed E-state index contributed by atoms with van der Waals surface area (Å²) < 4.78 is 23.5. The lowest BCUT2D eigenvalue weighted by molar-refractivity contribution is -0.117. The molecule has 0 radical (unpaired) electrons. The van der Waals surface area contributed by atoms with E-state index in [0.717, 1.165) is 4.88 Å². The van der Waals surface area contributed by atoms with Crippen molar-refractivity contribution in [3.63, 3.8) is 0 Å². The summed E-state index contributed by atoms with van der Waals surface area (Å²) in [7, 11) is 1.54. The first-order valence-electron chi connectivity index (χ1n) is 9.42. The number of carbonyl (C=O) groups excluding carboxylic acids is 2. The molecule has 8 heteroatoms.